The number of nitrogens with zero attached hydrogens (tertiary/aromatic N) is 2. The van der Waals surface area contributed by atoms with Gasteiger partial charge in [0.2, 0.25) is 0 Å². The number of ether oxygens (including phenoxy) is 1. The maximum Gasteiger partial charge on any atom is 0.0817 e. The number of hydrogen-bond donors (Lipinski definition) is 1. The Hall–Kier alpha value is -0.870. The predicted molar refractivity (Wildman–Crippen MR) is 60.8 cm³/mol. The van der Waals surface area contributed by atoms with Gasteiger partial charge in [0.15, 0.2) is 0 Å². The Morgan fingerprint density at radius 3 is 2.67 bits per heavy atom. The molecule has 0 fully saturated rings. The van der Waals surface area contributed by atoms with E-state index < -0.39 is 0 Å². The highest BCUT2D eigenvalue weighted by molar-refractivity contribution is 5.14. The summed E-state index contributed by atoms with van der Waals surface area (Å²) in [5, 5.41) is 7.54. The van der Waals surface area contributed by atoms with E-state index in [4.69, 9.17) is 4.74 Å². The lowest BCUT2D eigenvalue weighted by molar-refractivity contribution is -0.00901. The van der Waals surface area contributed by atoms with Crippen molar-refractivity contribution in [3.63, 3.8) is 0 Å². The highest BCUT2D eigenvalue weighted by Crippen LogP contribution is 2.27. The minimum Gasteiger partial charge on any atom is -0.377 e. The van der Waals surface area contributed by atoms with Crippen LogP contribution in [0.5, 0.6) is 0 Å². The van der Waals surface area contributed by atoms with Crippen LogP contribution in [0.3, 0.4) is 0 Å². The molecule has 0 aliphatic rings. The summed E-state index contributed by atoms with van der Waals surface area (Å²) in [6, 6.07) is 0.155. The van der Waals surface area contributed by atoms with Gasteiger partial charge in [-0.2, -0.15) is 5.10 Å². The van der Waals surface area contributed by atoms with E-state index >= 15 is 0 Å². The molecule has 15 heavy (non-hydrogen) atoms. The summed E-state index contributed by atoms with van der Waals surface area (Å²) in [4.78, 5) is 0. The molecule has 86 valence electrons. The summed E-state index contributed by atoms with van der Waals surface area (Å²) in [5.74, 6) is 0. The molecule has 1 atom stereocenters. The van der Waals surface area contributed by atoms with Crippen LogP contribution < -0.4 is 5.32 Å². The van der Waals surface area contributed by atoms with Crippen molar-refractivity contribution in [2.24, 2.45) is 0 Å². The molecule has 0 saturated carbocycles. The fourth-order valence-corrected chi connectivity index (χ4v) is 1.74. The molecule has 0 saturated heterocycles. The second-order valence-electron chi connectivity index (χ2n) is 4.16. The summed E-state index contributed by atoms with van der Waals surface area (Å²) >= 11 is 0. The Morgan fingerprint density at radius 2 is 2.27 bits per heavy atom. The lowest BCUT2D eigenvalue weighted by atomic mass is 9.94. The summed E-state index contributed by atoms with van der Waals surface area (Å²) in [6.07, 6.45) is 3.95. The lowest BCUT2D eigenvalue weighted by Gasteiger charge is -2.32. The Labute approximate surface area is 91.6 Å². The van der Waals surface area contributed by atoms with E-state index in [1.165, 1.54) is 0 Å². The van der Waals surface area contributed by atoms with Crippen LogP contribution in [0.1, 0.15) is 32.4 Å². The van der Waals surface area contributed by atoms with E-state index in [2.05, 4.69) is 37.4 Å². The van der Waals surface area contributed by atoms with Crippen LogP contribution in [0.15, 0.2) is 12.4 Å². The highest BCUT2D eigenvalue weighted by Gasteiger charge is 2.30. The number of likely N-dealkylation sites (N-methyl/N-ethyl adjacent to an activating group) is 1. The molecule has 0 bridgehead atoms. The molecule has 0 amide bonds. The molecular weight excluding hydrogens is 190 g/mol. The van der Waals surface area contributed by atoms with Crippen molar-refractivity contribution in [1.82, 2.24) is 15.1 Å². The van der Waals surface area contributed by atoms with Crippen molar-refractivity contribution in [3.8, 4) is 0 Å². The topological polar surface area (TPSA) is 39.1 Å². The molecule has 0 radical (unpaired) electrons. The zero-order valence-corrected chi connectivity index (χ0v) is 10.2. The molecule has 1 aromatic heterocycles. The minimum atomic E-state index is -0.240. The van der Waals surface area contributed by atoms with Gasteiger partial charge in [0.1, 0.15) is 0 Å². The lowest BCUT2D eigenvalue weighted by Crippen LogP contribution is -2.39. The van der Waals surface area contributed by atoms with Crippen molar-refractivity contribution in [2.75, 3.05) is 14.2 Å². The maximum atomic E-state index is 5.49. The third-order valence-corrected chi connectivity index (χ3v) is 2.82. The monoisotopic (exact) mass is 211 g/mol. The number of hydrogen-bond acceptors (Lipinski definition) is 3. The van der Waals surface area contributed by atoms with E-state index in [9.17, 15) is 0 Å². The standard InChI is InChI=1S/C11H21N3O/c1-6-14-8-9(7-13-14)10(12-4)11(2,3)15-5/h7-8,10,12H,6H2,1-5H3. The van der Waals surface area contributed by atoms with Gasteiger partial charge >= 0.3 is 0 Å². The smallest absolute Gasteiger partial charge is 0.0817 e. The van der Waals surface area contributed by atoms with E-state index in [1.54, 1.807) is 7.11 Å². The average Bonchev–Trinajstić information content (AvgIpc) is 2.67. The molecular formula is C11H21N3O. The van der Waals surface area contributed by atoms with Gasteiger partial charge in [0.05, 0.1) is 17.8 Å². The van der Waals surface area contributed by atoms with Crippen LogP contribution >= 0.6 is 0 Å². The zero-order chi connectivity index (χ0) is 11.5. The van der Waals surface area contributed by atoms with Crippen LogP contribution in [0, 0.1) is 0 Å². The summed E-state index contributed by atoms with van der Waals surface area (Å²) in [5.41, 5.74) is 0.919. The largest absolute Gasteiger partial charge is 0.377 e. The van der Waals surface area contributed by atoms with Crippen LogP contribution in [0.2, 0.25) is 0 Å². The number of rotatable bonds is 5. The third kappa shape index (κ3) is 2.58. The second-order valence-corrected chi connectivity index (χ2v) is 4.16. The van der Waals surface area contributed by atoms with Gasteiger partial charge in [-0.05, 0) is 27.8 Å². The summed E-state index contributed by atoms with van der Waals surface area (Å²) < 4.78 is 7.41. The first-order valence-electron chi connectivity index (χ1n) is 5.30. The predicted octanol–water partition coefficient (Wildman–Crippen LogP) is 1.59. The Kier molecular flexibility index (Phi) is 3.88. The van der Waals surface area contributed by atoms with Crippen molar-refractivity contribution in [3.05, 3.63) is 18.0 Å². The van der Waals surface area contributed by atoms with Crippen LogP contribution in [0.25, 0.3) is 0 Å². The highest BCUT2D eigenvalue weighted by atomic mass is 16.5. The van der Waals surface area contributed by atoms with Gasteiger partial charge in [-0.25, -0.2) is 0 Å². The second kappa shape index (κ2) is 4.77. The molecule has 0 aliphatic heterocycles. The van der Waals surface area contributed by atoms with Gasteiger partial charge in [-0.15, -0.1) is 0 Å². The van der Waals surface area contributed by atoms with Crippen LogP contribution in [-0.4, -0.2) is 29.5 Å². The molecule has 4 heteroatoms. The Bertz CT molecular complexity index is 307. The van der Waals surface area contributed by atoms with E-state index in [0.29, 0.717) is 0 Å². The van der Waals surface area contributed by atoms with Gasteiger partial charge < -0.3 is 10.1 Å². The number of nitrogens with one attached hydrogen (secondary N) is 1. The fourth-order valence-electron chi connectivity index (χ4n) is 1.74. The van der Waals surface area contributed by atoms with Crippen LogP contribution in [-0.2, 0) is 11.3 Å². The fraction of sp³-hybridized carbons (Fsp3) is 0.727. The first kappa shape index (κ1) is 12.2. The van der Waals surface area contributed by atoms with Crippen molar-refractivity contribution in [1.29, 1.82) is 0 Å². The molecule has 0 spiro atoms. The number of aromatic nitrogens is 2. The minimum absolute atomic E-state index is 0.155. The molecule has 1 rings (SSSR count). The molecule has 1 N–H and O–H groups in total. The van der Waals surface area contributed by atoms with Gasteiger partial charge in [0.25, 0.3) is 0 Å². The molecule has 0 aliphatic carbocycles. The first-order chi connectivity index (χ1) is 7.05. The van der Waals surface area contributed by atoms with Gasteiger partial charge in [-0.3, -0.25) is 4.68 Å². The van der Waals surface area contributed by atoms with Gasteiger partial charge in [0, 0.05) is 25.4 Å². The third-order valence-electron chi connectivity index (χ3n) is 2.82. The van der Waals surface area contributed by atoms with Gasteiger partial charge in [-0.1, -0.05) is 0 Å². The maximum absolute atomic E-state index is 5.49. The first-order valence-corrected chi connectivity index (χ1v) is 5.30. The van der Waals surface area contributed by atoms with E-state index in [-0.39, 0.29) is 11.6 Å². The molecule has 1 unspecified atom stereocenters. The Balaban J connectivity index is 2.92. The quantitative estimate of drug-likeness (QED) is 0.804. The van der Waals surface area contributed by atoms with Crippen molar-refractivity contribution in [2.45, 2.75) is 39.0 Å². The van der Waals surface area contributed by atoms with Crippen molar-refractivity contribution >= 4 is 0 Å². The molecule has 4 nitrogen and oxygen atoms in total. The molecule has 0 aromatic carbocycles. The number of methoxy groups -OCH3 is 1. The van der Waals surface area contributed by atoms with Crippen LogP contribution in [0.4, 0.5) is 0 Å². The molecule has 1 aromatic rings. The van der Waals surface area contributed by atoms with E-state index in [1.807, 2.05) is 17.9 Å². The van der Waals surface area contributed by atoms with Crippen molar-refractivity contribution < 1.29 is 4.74 Å². The molecule has 1 heterocycles. The van der Waals surface area contributed by atoms with E-state index in [0.717, 1.165) is 12.1 Å². The number of aryl methyl sites for hydroxylation is 1. The SMILES string of the molecule is CCn1cc(C(NC)C(C)(C)OC)cn1. The Morgan fingerprint density at radius 1 is 1.60 bits per heavy atom. The summed E-state index contributed by atoms with van der Waals surface area (Å²) in [7, 11) is 3.67. The summed E-state index contributed by atoms with van der Waals surface area (Å²) in [6.45, 7) is 7.10. The normalized spacial score (nSPS) is 14.2. The average molecular weight is 211 g/mol. The zero-order valence-electron chi connectivity index (χ0n) is 10.2.